The van der Waals surface area contributed by atoms with Crippen molar-refractivity contribution < 1.29 is 19.2 Å². The largest absolute Gasteiger partial charge is 0.478 e. The molecule has 1 aromatic carbocycles. The minimum absolute atomic E-state index is 0.000247. The number of carbonyl (C=O) groups is 2. The molecule has 0 bridgehead atoms. The van der Waals surface area contributed by atoms with Crippen molar-refractivity contribution in [3.8, 4) is 11.1 Å². The Morgan fingerprint density at radius 2 is 1.77 bits per heavy atom. The first-order valence-corrected chi connectivity index (χ1v) is 9.53. The summed E-state index contributed by atoms with van der Waals surface area (Å²) in [6.45, 7) is 5.51. The van der Waals surface area contributed by atoms with Gasteiger partial charge in [0.25, 0.3) is 0 Å². The molecular formula is C21H20ClN5O4. The molecule has 0 aliphatic rings. The van der Waals surface area contributed by atoms with E-state index in [9.17, 15) is 9.59 Å². The van der Waals surface area contributed by atoms with Gasteiger partial charge in [-0.25, -0.2) is 9.78 Å². The number of hydrogen-bond acceptors (Lipinski definition) is 6. The van der Waals surface area contributed by atoms with E-state index in [4.69, 9.17) is 27.0 Å². The van der Waals surface area contributed by atoms with Crippen LogP contribution in [0, 0.1) is 20.8 Å². The number of rotatable bonds is 3. The van der Waals surface area contributed by atoms with E-state index in [1.807, 2.05) is 26.0 Å². The van der Waals surface area contributed by atoms with Crippen LogP contribution in [0.25, 0.3) is 22.2 Å². The molecule has 160 valence electrons. The molecule has 0 fully saturated rings. The second-order valence-electron chi connectivity index (χ2n) is 6.84. The SMILES string of the molecule is Cc1nn(C)c2ncc(C(=O)O)c(Cl)c12.Cc1noc(C)c1-c1ccc(C(N)=O)cc1. The number of hydrogen-bond donors (Lipinski definition) is 2. The van der Waals surface area contributed by atoms with Crippen LogP contribution in [0.1, 0.15) is 37.9 Å². The second-order valence-corrected chi connectivity index (χ2v) is 7.22. The van der Waals surface area contributed by atoms with Crippen LogP contribution < -0.4 is 5.73 Å². The molecule has 9 nitrogen and oxygen atoms in total. The summed E-state index contributed by atoms with van der Waals surface area (Å²) in [5.74, 6) is -0.743. The van der Waals surface area contributed by atoms with Crippen molar-refractivity contribution in [1.29, 1.82) is 0 Å². The number of amides is 1. The Hall–Kier alpha value is -3.72. The van der Waals surface area contributed by atoms with Crippen LogP contribution in [0.4, 0.5) is 0 Å². The van der Waals surface area contributed by atoms with E-state index in [1.165, 1.54) is 6.20 Å². The Morgan fingerprint density at radius 1 is 1.13 bits per heavy atom. The molecule has 3 N–H and O–H groups in total. The van der Waals surface area contributed by atoms with E-state index in [0.717, 1.165) is 22.6 Å². The summed E-state index contributed by atoms with van der Waals surface area (Å²) < 4.78 is 6.66. The van der Waals surface area contributed by atoms with Crippen LogP contribution in [0.5, 0.6) is 0 Å². The molecule has 3 aromatic heterocycles. The molecule has 0 atom stereocenters. The number of carboxylic acid groups (broad SMARTS) is 1. The highest BCUT2D eigenvalue weighted by molar-refractivity contribution is 6.38. The number of aromatic nitrogens is 4. The van der Waals surface area contributed by atoms with Crippen molar-refractivity contribution >= 4 is 34.5 Å². The van der Waals surface area contributed by atoms with Crippen LogP contribution in [-0.2, 0) is 7.05 Å². The third-order valence-corrected chi connectivity index (χ3v) is 5.08. The Morgan fingerprint density at radius 3 is 2.29 bits per heavy atom. The second kappa shape index (κ2) is 8.57. The lowest BCUT2D eigenvalue weighted by atomic mass is 10.0. The van der Waals surface area contributed by atoms with Gasteiger partial charge in [-0.2, -0.15) is 5.10 Å². The predicted octanol–water partition coefficient (Wildman–Crippen LogP) is 3.69. The molecule has 0 saturated heterocycles. The highest BCUT2D eigenvalue weighted by Crippen LogP contribution is 2.28. The number of carbonyl (C=O) groups excluding carboxylic acids is 1. The normalized spacial score (nSPS) is 10.6. The minimum Gasteiger partial charge on any atom is -0.478 e. The van der Waals surface area contributed by atoms with Crippen LogP contribution in [-0.4, -0.2) is 36.9 Å². The molecule has 4 rings (SSSR count). The zero-order valence-corrected chi connectivity index (χ0v) is 18.1. The first kappa shape index (κ1) is 22.0. The lowest BCUT2D eigenvalue weighted by Gasteiger charge is -2.01. The average molecular weight is 442 g/mol. The summed E-state index contributed by atoms with van der Waals surface area (Å²) >= 11 is 5.98. The van der Waals surface area contributed by atoms with Gasteiger partial charge in [-0.15, -0.1) is 0 Å². The van der Waals surface area contributed by atoms with Gasteiger partial charge in [0.15, 0.2) is 5.65 Å². The number of halogens is 1. The maximum absolute atomic E-state index is 10.9. The monoisotopic (exact) mass is 441 g/mol. The van der Waals surface area contributed by atoms with Crippen LogP contribution >= 0.6 is 11.6 Å². The van der Waals surface area contributed by atoms with Gasteiger partial charge in [-0.3, -0.25) is 9.48 Å². The fraction of sp³-hybridized carbons (Fsp3) is 0.190. The lowest BCUT2D eigenvalue weighted by molar-refractivity contribution is 0.0696. The zero-order valence-electron chi connectivity index (χ0n) is 17.3. The minimum atomic E-state index is -1.09. The molecular weight excluding hydrogens is 422 g/mol. The van der Waals surface area contributed by atoms with Crippen molar-refractivity contribution in [3.63, 3.8) is 0 Å². The molecule has 10 heteroatoms. The number of benzene rings is 1. The summed E-state index contributed by atoms with van der Waals surface area (Å²) in [4.78, 5) is 25.8. The molecule has 3 heterocycles. The number of aryl methyl sites for hydroxylation is 4. The maximum Gasteiger partial charge on any atom is 0.338 e. The topological polar surface area (TPSA) is 137 Å². The Labute approximate surface area is 182 Å². The predicted molar refractivity (Wildman–Crippen MR) is 115 cm³/mol. The van der Waals surface area contributed by atoms with Gasteiger partial charge >= 0.3 is 5.97 Å². The zero-order chi connectivity index (χ0) is 22.9. The van der Waals surface area contributed by atoms with Gasteiger partial charge in [0.2, 0.25) is 5.91 Å². The Kier molecular flexibility index (Phi) is 6.07. The highest BCUT2D eigenvalue weighted by atomic mass is 35.5. The van der Waals surface area contributed by atoms with Gasteiger partial charge in [0, 0.05) is 24.4 Å². The third-order valence-electron chi connectivity index (χ3n) is 4.69. The third kappa shape index (κ3) is 4.26. The van der Waals surface area contributed by atoms with Crippen LogP contribution in [0.3, 0.4) is 0 Å². The average Bonchev–Trinajstić information content (AvgIpc) is 3.20. The van der Waals surface area contributed by atoms with Crippen molar-refractivity contribution in [2.24, 2.45) is 12.8 Å². The smallest absolute Gasteiger partial charge is 0.338 e. The summed E-state index contributed by atoms with van der Waals surface area (Å²) in [6.07, 6.45) is 1.24. The number of fused-ring (bicyclic) bond motifs is 1. The van der Waals surface area contributed by atoms with E-state index in [1.54, 1.807) is 30.8 Å². The van der Waals surface area contributed by atoms with Gasteiger partial charge in [0.1, 0.15) is 5.76 Å². The molecule has 0 unspecified atom stereocenters. The summed E-state index contributed by atoms with van der Waals surface area (Å²) in [5, 5.41) is 17.7. The molecule has 0 aliphatic carbocycles. The molecule has 0 spiro atoms. The number of nitrogens with two attached hydrogens (primary N) is 1. The van der Waals surface area contributed by atoms with Crippen molar-refractivity contribution in [1.82, 2.24) is 19.9 Å². The summed E-state index contributed by atoms with van der Waals surface area (Å²) in [7, 11) is 1.74. The van der Waals surface area contributed by atoms with E-state index in [2.05, 4.69) is 15.2 Å². The quantitative estimate of drug-likeness (QED) is 0.494. The van der Waals surface area contributed by atoms with Gasteiger partial charge in [-0.1, -0.05) is 28.9 Å². The first-order chi connectivity index (χ1) is 14.6. The van der Waals surface area contributed by atoms with Crippen LogP contribution in [0.2, 0.25) is 5.02 Å². The Balaban J connectivity index is 0.000000176. The number of nitrogens with zero attached hydrogens (tertiary/aromatic N) is 4. The fourth-order valence-electron chi connectivity index (χ4n) is 3.21. The summed E-state index contributed by atoms with van der Waals surface area (Å²) in [6, 6.07) is 7.08. The van der Waals surface area contributed by atoms with Crippen molar-refractivity contribution in [2.45, 2.75) is 20.8 Å². The standard InChI is InChI=1S/C12H12N2O2.C9H8ClN3O2/c1-7-11(8(2)16-14-7)9-3-5-10(6-4-9)12(13)15;1-4-6-7(10)5(9(14)15)3-11-8(6)13(2)12-4/h3-6H,1-2H3,(H2,13,15);3H,1-2H3,(H,14,15). The summed E-state index contributed by atoms with van der Waals surface area (Å²) in [5.41, 5.74) is 9.71. The number of pyridine rings is 1. The fourth-order valence-corrected chi connectivity index (χ4v) is 3.56. The number of primary amides is 1. The van der Waals surface area contributed by atoms with Crippen LogP contribution in [0.15, 0.2) is 35.0 Å². The molecule has 1 amide bonds. The molecule has 0 radical (unpaired) electrons. The van der Waals surface area contributed by atoms with E-state index >= 15 is 0 Å². The van der Waals surface area contributed by atoms with Gasteiger partial charge in [-0.05, 0) is 38.5 Å². The van der Waals surface area contributed by atoms with Crippen molar-refractivity contribution in [3.05, 3.63) is 63.8 Å². The molecule has 31 heavy (non-hydrogen) atoms. The molecule has 4 aromatic rings. The number of aromatic carboxylic acids is 1. The van der Waals surface area contributed by atoms with Gasteiger partial charge < -0.3 is 15.4 Å². The maximum atomic E-state index is 10.9. The highest BCUT2D eigenvalue weighted by Gasteiger charge is 2.17. The molecule has 0 saturated carbocycles. The number of carboxylic acids is 1. The first-order valence-electron chi connectivity index (χ1n) is 9.16. The Bertz CT molecular complexity index is 1270. The van der Waals surface area contributed by atoms with Gasteiger partial charge in [0.05, 0.1) is 27.4 Å². The van der Waals surface area contributed by atoms with E-state index in [0.29, 0.717) is 22.3 Å². The molecule has 0 aliphatic heterocycles. The van der Waals surface area contributed by atoms with E-state index in [-0.39, 0.29) is 10.6 Å². The lowest BCUT2D eigenvalue weighted by Crippen LogP contribution is -2.10. The van der Waals surface area contributed by atoms with E-state index < -0.39 is 11.9 Å². The van der Waals surface area contributed by atoms with Crippen molar-refractivity contribution in [2.75, 3.05) is 0 Å².